The van der Waals surface area contributed by atoms with Crippen LogP contribution in [0.4, 0.5) is 0 Å². The molecule has 0 spiro atoms. The molecule has 2 nitrogen and oxygen atoms in total. The van der Waals surface area contributed by atoms with Crippen LogP contribution in [0.1, 0.15) is 22.4 Å². The van der Waals surface area contributed by atoms with Gasteiger partial charge in [0.05, 0.1) is 0 Å². The first-order chi connectivity index (χ1) is 10.2. The Kier molecular flexibility index (Phi) is 4.99. The number of hydrogen-bond donors (Lipinski definition) is 0. The maximum absolute atomic E-state index is 4.44. The maximum Gasteiger partial charge on any atom is 0.0445 e. The van der Waals surface area contributed by atoms with E-state index in [2.05, 4.69) is 53.6 Å². The van der Waals surface area contributed by atoms with Crippen molar-refractivity contribution in [2.24, 2.45) is 4.99 Å². The number of nitrogens with zero attached hydrogens (tertiary/aromatic N) is 2. The largest absolute Gasteiger partial charge is 0.272 e. The van der Waals surface area contributed by atoms with E-state index in [1.165, 1.54) is 0 Å². The van der Waals surface area contributed by atoms with E-state index in [0.717, 1.165) is 28.0 Å². The van der Waals surface area contributed by atoms with Gasteiger partial charge < -0.3 is 0 Å². The van der Waals surface area contributed by atoms with Crippen LogP contribution < -0.4 is 0 Å². The standard InChI is InChI=1S/C19H18N2/c1-4-17(13-20-3)19-12-18(15(2)21-14-19)11-10-16-8-6-5-7-9-16/h4-14H,1,3H2,2H3/b11-10+,17-13+. The summed E-state index contributed by atoms with van der Waals surface area (Å²) < 4.78 is 0. The molecule has 0 amide bonds. The summed E-state index contributed by atoms with van der Waals surface area (Å²) in [5.41, 5.74) is 5.12. The summed E-state index contributed by atoms with van der Waals surface area (Å²) in [5, 5.41) is 0. The van der Waals surface area contributed by atoms with Crippen LogP contribution in [-0.4, -0.2) is 11.7 Å². The smallest absolute Gasteiger partial charge is 0.0445 e. The van der Waals surface area contributed by atoms with Gasteiger partial charge in [0, 0.05) is 29.2 Å². The predicted octanol–water partition coefficient (Wildman–Crippen LogP) is 4.79. The lowest BCUT2D eigenvalue weighted by Gasteiger charge is -2.05. The second kappa shape index (κ2) is 7.15. The number of rotatable bonds is 5. The molecular formula is C19H18N2. The van der Waals surface area contributed by atoms with Crippen LogP contribution in [-0.2, 0) is 0 Å². The first-order valence-electron chi connectivity index (χ1n) is 6.73. The van der Waals surface area contributed by atoms with Gasteiger partial charge in [-0.05, 0) is 30.8 Å². The number of hydrogen-bond acceptors (Lipinski definition) is 2. The zero-order chi connectivity index (χ0) is 15.1. The molecule has 0 radical (unpaired) electrons. The Morgan fingerprint density at radius 1 is 1.19 bits per heavy atom. The first-order valence-corrected chi connectivity index (χ1v) is 6.73. The Labute approximate surface area is 125 Å². The lowest BCUT2D eigenvalue weighted by atomic mass is 10.0. The van der Waals surface area contributed by atoms with E-state index in [9.17, 15) is 0 Å². The van der Waals surface area contributed by atoms with E-state index in [0.29, 0.717) is 0 Å². The van der Waals surface area contributed by atoms with Gasteiger partial charge in [0.25, 0.3) is 0 Å². The Balaban J connectivity index is 2.36. The third kappa shape index (κ3) is 3.86. The summed E-state index contributed by atoms with van der Waals surface area (Å²) in [7, 11) is 0. The van der Waals surface area contributed by atoms with Crippen LogP contribution in [0.15, 0.2) is 66.4 Å². The van der Waals surface area contributed by atoms with Crippen LogP contribution in [0.2, 0.25) is 0 Å². The molecule has 0 aliphatic rings. The topological polar surface area (TPSA) is 25.2 Å². The number of benzene rings is 1. The molecule has 2 aromatic rings. The van der Waals surface area contributed by atoms with Crippen LogP contribution >= 0.6 is 0 Å². The fourth-order valence-electron chi connectivity index (χ4n) is 1.97. The van der Waals surface area contributed by atoms with Crippen LogP contribution in [0.25, 0.3) is 17.7 Å². The highest BCUT2D eigenvalue weighted by atomic mass is 14.7. The molecule has 2 rings (SSSR count). The Morgan fingerprint density at radius 3 is 2.62 bits per heavy atom. The highest BCUT2D eigenvalue weighted by Gasteiger charge is 2.02. The zero-order valence-electron chi connectivity index (χ0n) is 12.2. The number of pyridine rings is 1. The molecule has 0 aliphatic carbocycles. The molecule has 0 aliphatic heterocycles. The second-order valence-electron chi connectivity index (χ2n) is 4.61. The van der Waals surface area contributed by atoms with Crippen molar-refractivity contribution in [1.29, 1.82) is 0 Å². The fourth-order valence-corrected chi connectivity index (χ4v) is 1.97. The Bertz CT molecular complexity index is 695. The normalized spacial score (nSPS) is 11.6. The van der Waals surface area contributed by atoms with Gasteiger partial charge in [0.2, 0.25) is 0 Å². The van der Waals surface area contributed by atoms with E-state index in [-0.39, 0.29) is 0 Å². The van der Waals surface area contributed by atoms with Gasteiger partial charge in [-0.1, -0.05) is 55.1 Å². The molecule has 1 aromatic carbocycles. The average Bonchev–Trinajstić information content (AvgIpc) is 2.53. The van der Waals surface area contributed by atoms with E-state index >= 15 is 0 Å². The SMILES string of the molecule is C=C/C(=C\N=C)c1cnc(C)c(/C=C/c2ccccc2)c1. The molecule has 1 heterocycles. The van der Waals surface area contributed by atoms with Crippen molar-refractivity contribution in [3.05, 3.63) is 83.8 Å². The monoisotopic (exact) mass is 274 g/mol. The van der Waals surface area contributed by atoms with E-state index in [4.69, 9.17) is 0 Å². The van der Waals surface area contributed by atoms with Crippen molar-refractivity contribution in [3.8, 4) is 0 Å². The number of aliphatic imine (C=N–C) groups is 1. The van der Waals surface area contributed by atoms with Crippen LogP contribution in [0.5, 0.6) is 0 Å². The van der Waals surface area contributed by atoms with E-state index < -0.39 is 0 Å². The van der Waals surface area contributed by atoms with Gasteiger partial charge in [-0.15, -0.1) is 0 Å². The van der Waals surface area contributed by atoms with Gasteiger partial charge in [-0.25, -0.2) is 0 Å². The third-order valence-corrected chi connectivity index (χ3v) is 3.16. The van der Waals surface area contributed by atoms with Gasteiger partial charge >= 0.3 is 0 Å². The lowest BCUT2D eigenvalue weighted by molar-refractivity contribution is 1.18. The van der Waals surface area contributed by atoms with Gasteiger partial charge in [0.15, 0.2) is 0 Å². The molecular weight excluding hydrogens is 256 g/mol. The molecule has 0 unspecified atom stereocenters. The van der Waals surface area contributed by atoms with Gasteiger partial charge in [-0.3, -0.25) is 9.98 Å². The highest BCUT2D eigenvalue weighted by Crippen LogP contribution is 2.19. The van der Waals surface area contributed by atoms with Crippen molar-refractivity contribution in [1.82, 2.24) is 4.98 Å². The summed E-state index contributed by atoms with van der Waals surface area (Å²) in [6.07, 6.45) is 9.42. The number of allylic oxidation sites excluding steroid dienone is 2. The summed E-state index contributed by atoms with van der Waals surface area (Å²) in [5.74, 6) is 0. The van der Waals surface area contributed by atoms with E-state index in [1.54, 1.807) is 12.3 Å². The minimum absolute atomic E-state index is 0.909. The summed E-state index contributed by atoms with van der Waals surface area (Å²) in [6.45, 7) is 9.28. The number of aryl methyl sites for hydroxylation is 1. The minimum Gasteiger partial charge on any atom is -0.272 e. The molecule has 0 N–H and O–H groups in total. The van der Waals surface area contributed by atoms with Gasteiger partial charge in [-0.2, -0.15) is 0 Å². The van der Waals surface area contributed by atoms with Crippen molar-refractivity contribution < 1.29 is 0 Å². The quantitative estimate of drug-likeness (QED) is 0.568. The van der Waals surface area contributed by atoms with Crippen LogP contribution in [0, 0.1) is 6.92 Å². The molecule has 0 fully saturated rings. The first kappa shape index (κ1) is 14.7. The summed E-state index contributed by atoms with van der Waals surface area (Å²) in [6, 6.07) is 12.3. The zero-order valence-corrected chi connectivity index (χ0v) is 12.2. The molecule has 0 bridgehead atoms. The molecule has 104 valence electrons. The van der Waals surface area contributed by atoms with Crippen molar-refractivity contribution >= 4 is 24.4 Å². The maximum atomic E-state index is 4.44. The highest BCUT2D eigenvalue weighted by molar-refractivity contribution is 5.77. The van der Waals surface area contributed by atoms with Crippen molar-refractivity contribution in [2.75, 3.05) is 0 Å². The van der Waals surface area contributed by atoms with Gasteiger partial charge in [0.1, 0.15) is 0 Å². The average molecular weight is 274 g/mol. The second-order valence-corrected chi connectivity index (χ2v) is 4.61. The molecule has 0 saturated carbocycles. The van der Waals surface area contributed by atoms with E-state index in [1.807, 2.05) is 31.3 Å². The lowest BCUT2D eigenvalue weighted by Crippen LogP contribution is -1.90. The minimum atomic E-state index is 0.909. The molecule has 1 aromatic heterocycles. The van der Waals surface area contributed by atoms with Crippen molar-refractivity contribution in [3.63, 3.8) is 0 Å². The summed E-state index contributed by atoms with van der Waals surface area (Å²) in [4.78, 5) is 8.24. The predicted molar refractivity (Wildman–Crippen MR) is 92.1 cm³/mol. The molecule has 21 heavy (non-hydrogen) atoms. The fraction of sp³-hybridized carbons (Fsp3) is 0.0526. The molecule has 2 heteroatoms. The summed E-state index contributed by atoms with van der Waals surface area (Å²) >= 11 is 0. The molecule has 0 saturated heterocycles. The van der Waals surface area contributed by atoms with Crippen LogP contribution in [0.3, 0.4) is 0 Å². The Morgan fingerprint density at radius 2 is 1.95 bits per heavy atom. The Hall–Kier alpha value is -2.74. The molecule has 0 atom stereocenters. The van der Waals surface area contributed by atoms with Crippen molar-refractivity contribution in [2.45, 2.75) is 6.92 Å². The third-order valence-electron chi connectivity index (χ3n) is 3.16. The number of aromatic nitrogens is 1.